The maximum absolute atomic E-state index is 5.83. The fourth-order valence-corrected chi connectivity index (χ4v) is 2.27. The monoisotopic (exact) mass is 229 g/mol. The molecule has 2 radical (unpaired) electrons. The zero-order chi connectivity index (χ0) is 12.3. The van der Waals surface area contributed by atoms with Crippen molar-refractivity contribution in [2.75, 3.05) is 26.2 Å². The van der Waals surface area contributed by atoms with Gasteiger partial charge in [-0.2, -0.15) is 0 Å². The smallest absolute Gasteiger partial charge is 0.121 e. The van der Waals surface area contributed by atoms with Gasteiger partial charge in [-0.25, -0.2) is 0 Å². The highest BCUT2D eigenvalue weighted by atomic mass is 16.5. The topological polar surface area (TPSA) is 12.5 Å². The first kappa shape index (κ1) is 12.5. The summed E-state index contributed by atoms with van der Waals surface area (Å²) >= 11 is 0. The molecule has 2 rings (SSSR count). The van der Waals surface area contributed by atoms with Gasteiger partial charge in [-0.05, 0) is 30.9 Å². The summed E-state index contributed by atoms with van der Waals surface area (Å²) in [5.41, 5.74) is 1.85. The van der Waals surface area contributed by atoms with Gasteiger partial charge >= 0.3 is 0 Å². The Morgan fingerprint density at radius 3 is 2.88 bits per heavy atom. The third-order valence-electron chi connectivity index (χ3n) is 3.34. The molecule has 17 heavy (non-hydrogen) atoms. The number of hydrogen-bond donors (Lipinski definition) is 0. The van der Waals surface area contributed by atoms with E-state index < -0.39 is 0 Å². The second kappa shape index (κ2) is 5.59. The van der Waals surface area contributed by atoms with Gasteiger partial charge in [0.1, 0.15) is 13.6 Å². The molecular weight excluding hydrogens is 209 g/mol. The second-order valence-electron chi connectivity index (χ2n) is 5.04. The molecule has 0 aromatic heterocycles. The van der Waals surface area contributed by atoms with Gasteiger partial charge < -0.3 is 9.64 Å². The summed E-state index contributed by atoms with van der Waals surface area (Å²) < 4.78 is 5.76. The van der Waals surface area contributed by atoms with Crippen molar-refractivity contribution in [2.24, 2.45) is 5.92 Å². The number of ether oxygens (including phenoxy) is 1. The first-order valence-corrected chi connectivity index (χ1v) is 6.37. The largest absolute Gasteiger partial charge is 0.493 e. The Morgan fingerprint density at radius 2 is 2.18 bits per heavy atom. The van der Waals surface area contributed by atoms with Gasteiger partial charge in [0.25, 0.3) is 0 Å². The Balaban J connectivity index is 1.69. The first-order chi connectivity index (χ1) is 8.16. The van der Waals surface area contributed by atoms with Crippen LogP contribution in [0.25, 0.3) is 0 Å². The van der Waals surface area contributed by atoms with Crippen LogP contribution in [0.15, 0.2) is 18.2 Å². The van der Waals surface area contributed by atoms with Crippen LogP contribution in [0.1, 0.15) is 18.9 Å². The average Bonchev–Trinajstić information content (AvgIpc) is 2.27. The van der Waals surface area contributed by atoms with Crippen molar-refractivity contribution < 1.29 is 4.74 Å². The highest BCUT2D eigenvalue weighted by molar-refractivity contribution is 6.33. The quantitative estimate of drug-likeness (QED) is 0.560. The van der Waals surface area contributed by atoms with Crippen molar-refractivity contribution in [1.82, 2.24) is 4.90 Å². The molecule has 1 aromatic carbocycles. The van der Waals surface area contributed by atoms with Crippen LogP contribution in [0, 0.1) is 12.8 Å². The SMILES string of the molecule is [B]c1cccc(OCCCN2CC(C)C2)c1C. The van der Waals surface area contributed by atoms with Crippen LogP contribution in [0.5, 0.6) is 5.75 Å². The zero-order valence-electron chi connectivity index (χ0n) is 10.8. The predicted octanol–water partition coefficient (Wildman–Crippen LogP) is 1.51. The van der Waals surface area contributed by atoms with E-state index in [9.17, 15) is 0 Å². The molecule has 0 atom stereocenters. The van der Waals surface area contributed by atoms with Crippen LogP contribution in [-0.2, 0) is 0 Å². The zero-order valence-corrected chi connectivity index (χ0v) is 10.8. The van der Waals surface area contributed by atoms with E-state index in [0.29, 0.717) is 0 Å². The molecule has 0 spiro atoms. The Labute approximate surface area is 105 Å². The molecule has 1 fully saturated rings. The Kier molecular flexibility index (Phi) is 4.11. The Bertz CT molecular complexity index is 374. The molecule has 1 aromatic rings. The van der Waals surface area contributed by atoms with Crippen LogP contribution >= 0.6 is 0 Å². The van der Waals surface area contributed by atoms with Crippen molar-refractivity contribution in [3.63, 3.8) is 0 Å². The summed E-state index contributed by atoms with van der Waals surface area (Å²) in [5, 5.41) is 0. The minimum Gasteiger partial charge on any atom is -0.493 e. The fourth-order valence-electron chi connectivity index (χ4n) is 2.27. The molecule has 1 saturated heterocycles. The highest BCUT2D eigenvalue weighted by Gasteiger charge is 2.21. The molecular formula is C14H20BNO. The number of nitrogens with zero attached hydrogens (tertiary/aromatic N) is 1. The maximum Gasteiger partial charge on any atom is 0.121 e. The molecule has 0 N–H and O–H groups in total. The van der Waals surface area contributed by atoms with Crippen molar-refractivity contribution >= 4 is 13.3 Å². The van der Waals surface area contributed by atoms with E-state index in [1.54, 1.807) is 0 Å². The van der Waals surface area contributed by atoms with E-state index in [4.69, 9.17) is 12.6 Å². The summed E-state index contributed by atoms with van der Waals surface area (Å²) in [4.78, 5) is 2.47. The molecule has 2 nitrogen and oxygen atoms in total. The molecule has 1 aliphatic rings. The van der Waals surface area contributed by atoms with Crippen LogP contribution in [0.4, 0.5) is 0 Å². The molecule has 90 valence electrons. The lowest BCUT2D eigenvalue weighted by molar-refractivity contribution is 0.105. The maximum atomic E-state index is 5.83. The molecule has 0 amide bonds. The van der Waals surface area contributed by atoms with Crippen LogP contribution in [0.3, 0.4) is 0 Å². The summed E-state index contributed by atoms with van der Waals surface area (Å²) in [6, 6.07) is 5.83. The van der Waals surface area contributed by atoms with E-state index >= 15 is 0 Å². The lowest BCUT2D eigenvalue weighted by atomic mass is 9.91. The summed E-state index contributed by atoms with van der Waals surface area (Å²) in [6.45, 7) is 8.71. The number of benzene rings is 1. The van der Waals surface area contributed by atoms with Crippen molar-refractivity contribution in [2.45, 2.75) is 20.3 Å². The van der Waals surface area contributed by atoms with E-state index in [2.05, 4.69) is 11.8 Å². The average molecular weight is 229 g/mol. The van der Waals surface area contributed by atoms with Crippen molar-refractivity contribution in [3.8, 4) is 5.75 Å². The van der Waals surface area contributed by atoms with Gasteiger partial charge in [-0.1, -0.05) is 24.5 Å². The number of hydrogen-bond acceptors (Lipinski definition) is 2. The first-order valence-electron chi connectivity index (χ1n) is 6.37. The van der Waals surface area contributed by atoms with Crippen molar-refractivity contribution in [3.05, 3.63) is 23.8 Å². The van der Waals surface area contributed by atoms with Gasteiger partial charge in [0.05, 0.1) is 6.61 Å². The molecule has 3 heteroatoms. The standard InChI is InChI=1S/C14H20BNO/c1-11-9-16(10-11)7-4-8-17-14-6-3-5-13(15)12(14)2/h3,5-6,11H,4,7-10H2,1-2H3. The molecule has 0 aliphatic carbocycles. The van der Waals surface area contributed by atoms with Gasteiger partial charge in [-0.3, -0.25) is 0 Å². The van der Waals surface area contributed by atoms with Gasteiger partial charge in [-0.15, -0.1) is 0 Å². The fraction of sp³-hybridized carbons (Fsp3) is 0.571. The van der Waals surface area contributed by atoms with Crippen LogP contribution in [-0.4, -0.2) is 39.0 Å². The summed E-state index contributed by atoms with van der Waals surface area (Å²) in [5.74, 6) is 1.80. The van der Waals surface area contributed by atoms with E-state index in [1.165, 1.54) is 13.1 Å². The minimum atomic E-state index is 0.773. The number of rotatable bonds is 5. The number of likely N-dealkylation sites (tertiary alicyclic amines) is 1. The van der Waals surface area contributed by atoms with Crippen LogP contribution < -0.4 is 10.2 Å². The van der Waals surface area contributed by atoms with Crippen LogP contribution in [0.2, 0.25) is 0 Å². The van der Waals surface area contributed by atoms with Gasteiger partial charge in [0.2, 0.25) is 0 Å². The normalized spacial score (nSPS) is 16.8. The van der Waals surface area contributed by atoms with E-state index in [1.807, 2.05) is 25.1 Å². The van der Waals surface area contributed by atoms with E-state index in [0.717, 1.165) is 42.3 Å². The minimum absolute atomic E-state index is 0.773. The van der Waals surface area contributed by atoms with Gasteiger partial charge in [0, 0.05) is 19.6 Å². The Hall–Kier alpha value is -0.955. The summed E-state index contributed by atoms with van der Waals surface area (Å²) in [6.07, 6.45) is 1.08. The summed E-state index contributed by atoms with van der Waals surface area (Å²) in [7, 11) is 5.83. The predicted molar refractivity (Wildman–Crippen MR) is 72.3 cm³/mol. The molecule has 1 heterocycles. The van der Waals surface area contributed by atoms with E-state index in [-0.39, 0.29) is 0 Å². The second-order valence-corrected chi connectivity index (χ2v) is 5.04. The molecule has 1 aliphatic heterocycles. The third-order valence-corrected chi connectivity index (χ3v) is 3.34. The third kappa shape index (κ3) is 3.26. The Morgan fingerprint density at radius 1 is 1.41 bits per heavy atom. The van der Waals surface area contributed by atoms with Gasteiger partial charge in [0.15, 0.2) is 0 Å². The lowest BCUT2D eigenvalue weighted by Gasteiger charge is -2.37. The highest BCUT2D eigenvalue weighted by Crippen LogP contribution is 2.16. The molecule has 0 saturated carbocycles. The molecule has 0 bridgehead atoms. The lowest BCUT2D eigenvalue weighted by Crippen LogP contribution is -2.45. The van der Waals surface area contributed by atoms with Crippen molar-refractivity contribution in [1.29, 1.82) is 0 Å². The molecule has 0 unspecified atom stereocenters.